The number of aromatic nitrogens is 1. The zero-order chi connectivity index (χ0) is 17.0. The normalized spacial score (nSPS) is 21.0. The molecule has 0 aliphatic carbocycles. The summed E-state index contributed by atoms with van der Waals surface area (Å²) < 4.78 is 49.2. The van der Waals surface area contributed by atoms with E-state index in [0.717, 1.165) is 12.1 Å². The topological polar surface area (TPSA) is 43.4 Å². The number of rotatable bonds is 5. The summed E-state index contributed by atoms with van der Waals surface area (Å²) in [6, 6.07) is 10.4. The van der Waals surface area contributed by atoms with Crippen molar-refractivity contribution >= 4 is 0 Å². The Bertz CT molecular complexity index is 647. The van der Waals surface area contributed by atoms with E-state index in [4.69, 9.17) is 9.47 Å². The number of hydrogen-bond acceptors (Lipinski definition) is 4. The lowest BCUT2D eigenvalue weighted by molar-refractivity contribution is -0.137. The Morgan fingerprint density at radius 3 is 2.46 bits per heavy atom. The Kier molecular flexibility index (Phi) is 5.01. The zero-order valence-electron chi connectivity index (χ0n) is 12.8. The van der Waals surface area contributed by atoms with E-state index >= 15 is 0 Å². The third-order valence-electron chi connectivity index (χ3n) is 3.76. The molecule has 1 aromatic carbocycles. The summed E-state index contributed by atoms with van der Waals surface area (Å²) in [6.45, 7) is 1.49. The van der Waals surface area contributed by atoms with Crippen molar-refractivity contribution in [3.8, 4) is 5.88 Å². The maximum absolute atomic E-state index is 12.5. The third kappa shape index (κ3) is 4.24. The van der Waals surface area contributed by atoms with Gasteiger partial charge in [0.1, 0.15) is 12.2 Å². The molecule has 1 aliphatic heterocycles. The van der Waals surface area contributed by atoms with Crippen LogP contribution in [-0.4, -0.2) is 30.3 Å². The van der Waals surface area contributed by atoms with Crippen molar-refractivity contribution < 1.29 is 22.6 Å². The van der Waals surface area contributed by atoms with Gasteiger partial charge in [-0.15, -0.1) is 0 Å². The molecule has 0 bridgehead atoms. The number of hydrogen-bond donors (Lipinski definition) is 1. The monoisotopic (exact) mass is 338 g/mol. The molecule has 1 N–H and O–H groups in total. The highest BCUT2D eigenvalue weighted by atomic mass is 19.4. The van der Waals surface area contributed by atoms with Gasteiger partial charge < -0.3 is 14.8 Å². The van der Waals surface area contributed by atoms with Crippen molar-refractivity contribution in [2.24, 2.45) is 0 Å². The van der Waals surface area contributed by atoms with Crippen LogP contribution in [0.3, 0.4) is 0 Å². The fourth-order valence-corrected chi connectivity index (χ4v) is 2.48. The van der Waals surface area contributed by atoms with Gasteiger partial charge in [-0.2, -0.15) is 13.2 Å². The lowest BCUT2D eigenvalue weighted by Gasteiger charge is -2.20. The highest BCUT2D eigenvalue weighted by molar-refractivity contribution is 5.24. The first-order valence-corrected chi connectivity index (χ1v) is 7.58. The minimum Gasteiger partial charge on any atom is -0.470 e. The molecular formula is C17H17F3N2O2. The van der Waals surface area contributed by atoms with Gasteiger partial charge in [0.05, 0.1) is 12.2 Å². The van der Waals surface area contributed by atoms with E-state index in [1.165, 1.54) is 12.1 Å². The molecule has 128 valence electrons. The summed E-state index contributed by atoms with van der Waals surface area (Å²) in [4.78, 5) is 4.12. The summed E-state index contributed by atoms with van der Waals surface area (Å²) in [6.07, 6.45) is -3.05. The molecule has 0 spiro atoms. The van der Waals surface area contributed by atoms with Crippen LogP contribution in [0.15, 0.2) is 48.7 Å². The molecule has 0 saturated carbocycles. The van der Waals surface area contributed by atoms with Crippen molar-refractivity contribution in [2.45, 2.75) is 25.0 Å². The van der Waals surface area contributed by atoms with E-state index in [-0.39, 0.29) is 18.8 Å². The van der Waals surface area contributed by atoms with Crippen LogP contribution in [-0.2, 0) is 17.5 Å². The summed E-state index contributed by atoms with van der Waals surface area (Å²) in [5.41, 5.74) is 0.0247. The Labute approximate surface area is 137 Å². The van der Waals surface area contributed by atoms with E-state index in [0.29, 0.717) is 24.5 Å². The van der Waals surface area contributed by atoms with Gasteiger partial charge in [0.15, 0.2) is 0 Å². The summed E-state index contributed by atoms with van der Waals surface area (Å²) in [5, 5.41) is 3.18. The van der Waals surface area contributed by atoms with Crippen LogP contribution in [0.2, 0.25) is 0 Å². The average Bonchev–Trinajstić information content (AvgIpc) is 3.00. The lowest BCUT2D eigenvalue weighted by Crippen LogP contribution is -2.32. The molecule has 1 aromatic heterocycles. The molecule has 1 aliphatic rings. The van der Waals surface area contributed by atoms with E-state index in [1.807, 2.05) is 6.07 Å². The predicted molar refractivity (Wildman–Crippen MR) is 81.5 cm³/mol. The molecule has 0 radical (unpaired) electrons. The third-order valence-corrected chi connectivity index (χ3v) is 3.76. The number of alkyl halides is 3. The highest BCUT2D eigenvalue weighted by Gasteiger charge is 2.31. The predicted octanol–water partition coefficient (Wildman–Crippen LogP) is 3.04. The fraction of sp³-hybridized carbons (Fsp3) is 0.353. The van der Waals surface area contributed by atoms with Gasteiger partial charge >= 0.3 is 6.18 Å². The molecule has 1 fully saturated rings. The minimum absolute atomic E-state index is 0.186. The summed E-state index contributed by atoms with van der Waals surface area (Å²) >= 11 is 0. The van der Waals surface area contributed by atoms with Gasteiger partial charge in [0.2, 0.25) is 5.88 Å². The highest BCUT2D eigenvalue weighted by Crippen LogP contribution is 2.29. The maximum atomic E-state index is 12.5. The second kappa shape index (κ2) is 7.19. The molecule has 2 atom stereocenters. The molecule has 2 aromatic rings. The second-order valence-corrected chi connectivity index (χ2v) is 5.53. The van der Waals surface area contributed by atoms with Crippen molar-refractivity contribution in [2.75, 3.05) is 13.1 Å². The molecule has 0 unspecified atom stereocenters. The number of halogens is 3. The van der Waals surface area contributed by atoms with Crippen LogP contribution >= 0.6 is 0 Å². The van der Waals surface area contributed by atoms with Gasteiger partial charge in [0, 0.05) is 25.4 Å². The Balaban J connectivity index is 1.55. The van der Waals surface area contributed by atoms with Gasteiger partial charge in [-0.25, -0.2) is 4.98 Å². The van der Waals surface area contributed by atoms with Crippen molar-refractivity contribution in [3.05, 3.63) is 59.8 Å². The molecule has 1 saturated heterocycles. The molecule has 2 heterocycles. The molecule has 4 nitrogen and oxygen atoms in total. The smallest absolute Gasteiger partial charge is 0.416 e. The van der Waals surface area contributed by atoms with Crippen LogP contribution in [0.25, 0.3) is 0 Å². The first-order valence-electron chi connectivity index (χ1n) is 7.58. The van der Waals surface area contributed by atoms with Gasteiger partial charge in [-0.3, -0.25) is 0 Å². The molecule has 3 rings (SSSR count). The molecule has 7 heteroatoms. The zero-order valence-corrected chi connectivity index (χ0v) is 12.8. The van der Waals surface area contributed by atoms with Crippen LogP contribution in [0.5, 0.6) is 5.88 Å². The fourth-order valence-electron chi connectivity index (χ4n) is 2.48. The van der Waals surface area contributed by atoms with E-state index in [2.05, 4.69) is 10.3 Å². The number of benzene rings is 1. The average molecular weight is 338 g/mol. The number of nitrogens with zero attached hydrogens (tertiary/aromatic N) is 1. The van der Waals surface area contributed by atoms with Crippen LogP contribution in [0.1, 0.15) is 11.1 Å². The molecule has 0 amide bonds. The first kappa shape index (κ1) is 16.7. The quantitative estimate of drug-likeness (QED) is 0.910. The van der Waals surface area contributed by atoms with Gasteiger partial charge in [-0.05, 0) is 23.8 Å². The minimum atomic E-state index is -4.32. The molecular weight excluding hydrogens is 321 g/mol. The number of nitrogens with one attached hydrogen (secondary N) is 1. The van der Waals surface area contributed by atoms with Crippen LogP contribution in [0.4, 0.5) is 13.2 Å². The van der Waals surface area contributed by atoms with Crippen LogP contribution < -0.4 is 10.1 Å². The Morgan fingerprint density at radius 1 is 1.04 bits per heavy atom. The summed E-state index contributed by atoms with van der Waals surface area (Å²) in [5.74, 6) is 0.523. The van der Waals surface area contributed by atoms with Crippen molar-refractivity contribution in [3.63, 3.8) is 0 Å². The summed E-state index contributed by atoms with van der Waals surface area (Å²) in [7, 11) is 0. The second-order valence-electron chi connectivity index (χ2n) is 5.53. The molecule has 24 heavy (non-hydrogen) atoms. The maximum Gasteiger partial charge on any atom is 0.416 e. The van der Waals surface area contributed by atoms with Gasteiger partial charge in [0.25, 0.3) is 0 Å². The van der Waals surface area contributed by atoms with Gasteiger partial charge in [-0.1, -0.05) is 18.2 Å². The van der Waals surface area contributed by atoms with E-state index in [1.54, 1.807) is 18.3 Å². The Hall–Kier alpha value is -2.12. The SMILES string of the molecule is FC(F)(F)c1ccc(CO[C@@H]2CNC[C@H]2Oc2ccccn2)cc1. The van der Waals surface area contributed by atoms with Crippen LogP contribution in [0, 0.1) is 0 Å². The van der Waals surface area contributed by atoms with E-state index < -0.39 is 11.7 Å². The number of pyridine rings is 1. The number of ether oxygens (including phenoxy) is 2. The Morgan fingerprint density at radius 2 is 1.79 bits per heavy atom. The largest absolute Gasteiger partial charge is 0.470 e. The van der Waals surface area contributed by atoms with E-state index in [9.17, 15) is 13.2 Å². The van der Waals surface area contributed by atoms with Crippen molar-refractivity contribution in [1.29, 1.82) is 0 Å². The first-order chi connectivity index (χ1) is 11.5. The standard InChI is InChI=1S/C17H17F3N2O2/c18-17(19,20)13-6-4-12(5-7-13)11-23-14-9-21-10-15(14)24-16-3-1-2-8-22-16/h1-8,14-15,21H,9-11H2/t14-,15-/m1/s1. The van der Waals surface area contributed by atoms with Crippen molar-refractivity contribution in [1.82, 2.24) is 10.3 Å². The lowest BCUT2D eigenvalue weighted by atomic mass is 10.1.